The summed E-state index contributed by atoms with van der Waals surface area (Å²) in [5.41, 5.74) is 0. The molecule has 0 unspecified atom stereocenters. The summed E-state index contributed by atoms with van der Waals surface area (Å²) < 4.78 is 26.9. The Morgan fingerprint density at radius 1 is 1.18 bits per heavy atom. The van der Waals surface area contributed by atoms with Crippen molar-refractivity contribution in [3.8, 4) is 5.75 Å². The van der Waals surface area contributed by atoms with E-state index in [2.05, 4.69) is 0 Å². The van der Waals surface area contributed by atoms with E-state index in [1.54, 1.807) is 18.2 Å². The van der Waals surface area contributed by atoms with Crippen LogP contribution in [0.25, 0.3) is 0 Å². The summed E-state index contributed by atoms with van der Waals surface area (Å²) >= 11 is 0. The molecule has 0 N–H and O–H groups in total. The van der Waals surface area contributed by atoms with Crippen molar-refractivity contribution in [2.75, 3.05) is 0 Å². The molecular formula is C7H5O3S. The third-order valence-corrected chi connectivity index (χ3v) is 2.76. The molecule has 0 saturated heterocycles. The van der Waals surface area contributed by atoms with Gasteiger partial charge in [-0.2, -0.15) is 0 Å². The summed E-state index contributed by atoms with van der Waals surface area (Å²) in [4.78, 5) is 0.250. The summed E-state index contributed by atoms with van der Waals surface area (Å²) in [6, 6.07) is 6.54. The van der Waals surface area contributed by atoms with E-state index in [-0.39, 0.29) is 4.90 Å². The number of sulfone groups is 1. The molecule has 1 radical (unpaired) electrons. The number of ether oxygens (including phenoxy) is 1. The quantitative estimate of drug-likeness (QED) is 0.581. The zero-order valence-electron chi connectivity index (χ0n) is 5.52. The first-order valence-electron chi connectivity index (χ1n) is 3.04. The first-order valence-corrected chi connectivity index (χ1v) is 4.59. The number of para-hydroxylation sites is 1. The topological polar surface area (TPSA) is 43.4 Å². The van der Waals surface area contributed by atoms with Gasteiger partial charge in [0.2, 0.25) is 9.84 Å². The van der Waals surface area contributed by atoms with Crippen molar-refractivity contribution in [2.45, 2.75) is 4.90 Å². The van der Waals surface area contributed by atoms with Gasteiger partial charge in [-0.15, -0.1) is 0 Å². The maximum absolute atomic E-state index is 11.1. The van der Waals surface area contributed by atoms with Crippen molar-refractivity contribution in [1.29, 1.82) is 0 Å². The smallest absolute Gasteiger partial charge is 0.254 e. The van der Waals surface area contributed by atoms with Crippen LogP contribution in [0.4, 0.5) is 0 Å². The molecule has 0 amide bonds. The van der Waals surface area contributed by atoms with Gasteiger partial charge in [0.1, 0.15) is 10.6 Å². The van der Waals surface area contributed by atoms with Crippen molar-refractivity contribution in [2.24, 2.45) is 0 Å². The molecule has 11 heavy (non-hydrogen) atoms. The molecule has 57 valence electrons. The maximum Gasteiger partial charge on any atom is 0.254 e. The van der Waals surface area contributed by atoms with Crippen LogP contribution in [0.5, 0.6) is 5.75 Å². The van der Waals surface area contributed by atoms with Gasteiger partial charge in [-0.05, 0) is 12.1 Å². The first kappa shape index (κ1) is 6.67. The van der Waals surface area contributed by atoms with E-state index in [1.807, 2.05) is 0 Å². The van der Waals surface area contributed by atoms with Gasteiger partial charge in [-0.3, -0.25) is 0 Å². The monoisotopic (exact) mass is 169 g/mol. The van der Waals surface area contributed by atoms with Crippen molar-refractivity contribution >= 4 is 9.84 Å². The zero-order chi connectivity index (χ0) is 7.90. The van der Waals surface area contributed by atoms with E-state index in [4.69, 9.17) is 4.74 Å². The largest absolute Gasteiger partial charge is 0.468 e. The van der Waals surface area contributed by atoms with Gasteiger partial charge in [0.15, 0.2) is 0 Å². The fourth-order valence-electron chi connectivity index (χ4n) is 0.950. The number of hydrogen-bond donors (Lipinski definition) is 0. The molecular weight excluding hydrogens is 164 g/mol. The first-order chi connectivity index (χ1) is 5.20. The van der Waals surface area contributed by atoms with Crippen LogP contribution < -0.4 is 4.74 Å². The van der Waals surface area contributed by atoms with Crippen LogP contribution in [0.2, 0.25) is 0 Å². The fourth-order valence-corrected chi connectivity index (χ4v) is 1.95. The summed E-state index contributed by atoms with van der Waals surface area (Å²) in [6.45, 7) is 0. The van der Waals surface area contributed by atoms with Crippen LogP contribution in [0.15, 0.2) is 29.2 Å². The van der Waals surface area contributed by atoms with Crippen LogP contribution >= 0.6 is 0 Å². The molecule has 1 aromatic carbocycles. The zero-order valence-corrected chi connectivity index (χ0v) is 6.34. The summed E-state index contributed by atoms with van der Waals surface area (Å²) in [5, 5.41) is 0. The molecule has 0 fully saturated rings. The lowest BCUT2D eigenvalue weighted by Gasteiger charge is -1.91. The minimum Gasteiger partial charge on any atom is -0.468 e. The minimum atomic E-state index is -3.25. The lowest BCUT2D eigenvalue weighted by molar-refractivity contribution is 0.452. The van der Waals surface area contributed by atoms with Gasteiger partial charge in [0.25, 0.3) is 5.94 Å². The molecule has 1 aliphatic heterocycles. The summed E-state index contributed by atoms with van der Waals surface area (Å²) in [7, 11) is -3.25. The molecule has 2 rings (SSSR count). The highest BCUT2D eigenvalue weighted by atomic mass is 32.2. The Bertz CT molecular complexity index is 380. The fraction of sp³-hybridized carbons (Fsp3) is 0. The van der Waals surface area contributed by atoms with Crippen LogP contribution in [0, 0.1) is 5.94 Å². The summed E-state index contributed by atoms with van der Waals surface area (Å²) in [6.07, 6.45) is 0. The van der Waals surface area contributed by atoms with E-state index in [9.17, 15) is 8.42 Å². The Hall–Kier alpha value is -1.03. The van der Waals surface area contributed by atoms with Gasteiger partial charge < -0.3 is 4.74 Å². The Labute approximate surface area is 64.5 Å². The molecule has 1 heterocycles. The number of hydrogen-bond acceptors (Lipinski definition) is 3. The predicted octanol–water partition coefficient (Wildman–Crippen LogP) is 0.972. The highest BCUT2D eigenvalue weighted by Gasteiger charge is 2.27. The molecule has 4 heteroatoms. The Morgan fingerprint density at radius 3 is 2.64 bits per heavy atom. The van der Waals surface area contributed by atoms with E-state index in [0.29, 0.717) is 5.75 Å². The number of rotatable bonds is 0. The van der Waals surface area contributed by atoms with E-state index < -0.39 is 9.84 Å². The second-order valence-corrected chi connectivity index (χ2v) is 3.93. The van der Waals surface area contributed by atoms with Crippen molar-refractivity contribution in [1.82, 2.24) is 0 Å². The van der Waals surface area contributed by atoms with Crippen molar-refractivity contribution in [3.05, 3.63) is 30.2 Å². The molecule has 1 aromatic rings. The second-order valence-electron chi connectivity index (χ2n) is 2.21. The van der Waals surface area contributed by atoms with Crippen LogP contribution in [0.3, 0.4) is 0 Å². The van der Waals surface area contributed by atoms with Crippen LogP contribution in [-0.2, 0) is 9.84 Å². The minimum absolute atomic E-state index is 0.250. The third-order valence-electron chi connectivity index (χ3n) is 1.46. The molecule has 3 nitrogen and oxygen atoms in total. The van der Waals surface area contributed by atoms with Crippen LogP contribution in [-0.4, -0.2) is 8.42 Å². The van der Waals surface area contributed by atoms with Gasteiger partial charge in [0, 0.05) is 0 Å². The van der Waals surface area contributed by atoms with Crippen LogP contribution in [0.1, 0.15) is 0 Å². The van der Waals surface area contributed by atoms with Crippen molar-refractivity contribution in [3.63, 3.8) is 0 Å². The SMILES string of the molecule is O=S1(=O)[CH]Oc2ccccc21. The van der Waals surface area contributed by atoms with Crippen molar-refractivity contribution < 1.29 is 13.2 Å². The average Bonchev–Trinajstić information content (AvgIpc) is 2.29. The van der Waals surface area contributed by atoms with Gasteiger partial charge in [0.05, 0.1) is 0 Å². The molecule has 0 saturated carbocycles. The highest BCUT2D eigenvalue weighted by Crippen LogP contribution is 2.32. The Kier molecular flexibility index (Phi) is 1.20. The highest BCUT2D eigenvalue weighted by molar-refractivity contribution is 7.93. The van der Waals surface area contributed by atoms with E-state index in [1.165, 1.54) is 6.07 Å². The lowest BCUT2D eigenvalue weighted by atomic mass is 10.3. The normalized spacial score (nSPS) is 18.9. The van der Waals surface area contributed by atoms with E-state index in [0.717, 1.165) is 5.94 Å². The molecule has 0 spiro atoms. The average molecular weight is 169 g/mol. The van der Waals surface area contributed by atoms with E-state index >= 15 is 0 Å². The second kappa shape index (κ2) is 1.98. The summed E-state index contributed by atoms with van der Waals surface area (Å²) in [5.74, 6) is 1.27. The maximum atomic E-state index is 11.1. The van der Waals surface area contributed by atoms with Gasteiger partial charge in [-0.25, -0.2) is 8.42 Å². The Morgan fingerprint density at radius 2 is 1.91 bits per heavy atom. The number of fused-ring (bicyclic) bond motifs is 1. The standard InChI is InChI=1S/C7H5O3S/c8-11(9)5-10-6-3-1-2-4-7(6)11/h1-5H. The molecule has 0 atom stereocenters. The van der Waals surface area contributed by atoms with Gasteiger partial charge >= 0.3 is 0 Å². The number of benzene rings is 1. The molecule has 0 aliphatic carbocycles. The van der Waals surface area contributed by atoms with Gasteiger partial charge in [-0.1, -0.05) is 12.1 Å². The molecule has 1 aliphatic rings. The third kappa shape index (κ3) is 0.903. The lowest BCUT2D eigenvalue weighted by Crippen LogP contribution is -1.94. The predicted molar refractivity (Wildman–Crippen MR) is 38.6 cm³/mol. The Balaban J connectivity index is 2.75. The molecule has 0 aromatic heterocycles. The molecule has 0 bridgehead atoms.